The summed E-state index contributed by atoms with van der Waals surface area (Å²) in [5.41, 5.74) is 3.33. The molecule has 22 heavy (non-hydrogen) atoms. The molecule has 1 aromatic rings. The molecule has 1 saturated heterocycles. The van der Waals surface area contributed by atoms with Crippen LogP contribution >= 0.6 is 0 Å². The van der Waals surface area contributed by atoms with Crippen LogP contribution < -0.4 is 10.2 Å². The zero-order chi connectivity index (χ0) is 16.1. The van der Waals surface area contributed by atoms with Crippen LogP contribution in [0.5, 0.6) is 0 Å². The second kappa shape index (κ2) is 7.23. The first kappa shape index (κ1) is 16.2. The number of pyridine rings is 1. The molecule has 0 radical (unpaired) electrons. The van der Waals surface area contributed by atoms with E-state index in [1.54, 1.807) is 0 Å². The maximum atomic E-state index is 11.6. The van der Waals surface area contributed by atoms with E-state index >= 15 is 0 Å². The predicted octanol–water partition coefficient (Wildman–Crippen LogP) is 0.828. The average molecular weight is 301 g/mol. The Balaban J connectivity index is 2.03. The maximum Gasteiger partial charge on any atom is 0.234 e. The highest BCUT2D eigenvalue weighted by molar-refractivity contribution is 5.78. The Morgan fingerprint density at radius 1 is 1.36 bits per heavy atom. The molecule has 1 aliphatic rings. The van der Waals surface area contributed by atoms with E-state index in [0.29, 0.717) is 18.7 Å². The molecule has 6 nitrogen and oxygen atoms in total. The molecule has 2 heterocycles. The highest BCUT2D eigenvalue weighted by atomic mass is 16.2. The monoisotopic (exact) mass is 301 g/mol. The van der Waals surface area contributed by atoms with Gasteiger partial charge in [0.2, 0.25) is 5.91 Å². The zero-order valence-electron chi connectivity index (χ0n) is 13.5. The highest BCUT2D eigenvalue weighted by Gasteiger charge is 2.22. The Hall–Kier alpha value is -2.13. The van der Waals surface area contributed by atoms with Gasteiger partial charge >= 0.3 is 0 Å². The molecule has 118 valence electrons. The van der Waals surface area contributed by atoms with Crippen LogP contribution in [0.15, 0.2) is 6.07 Å². The Labute approximate surface area is 131 Å². The highest BCUT2D eigenvalue weighted by Crippen LogP contribution is 2.24. The van der Waals surface area contributed by atoms with E-state index in [0.717, 1.165) is 43.3 Å². The van der Waals surface area contributed by atoms with Crippen molar-refractivity contribution < 1.29 is 4.79 Å². The normalized spacial score (nSPS) is 15.5. The van der Waals surface area contributed by atoms with E-state index < -0.39 is 0 Å². The van der Waals surface area contributed by atoms with E-state index in [1.165, 1.54) is 0 Å². The number of nitrogens with zero attached hydrogens (tertiary/aromatic N) is 4. The molecule has 0 unspecified atom stereocenters. The first-order valence-electron chi connectivity index (χ1n) is 7.67. The van der Waals surface area contributed by atoms with Gasteiger partial charge in [-0.15, -0.1) is 0 Å². The third-order valence-electron chi connectivity index (χ3n) is 3.87. The quantitative estimate of drug-likeness (QED) is 0.892. The van der Waals surface area contributed by atoms with Crippen molar-refractivity contribution in [1.82, 2.24) is 15.2 Å². The summed E-state index contributed by atoms with van der Waals surface area (Å²) in [4.78, 5) is 20.4. The van der Waals surface area contributed by atoms with Crippen molar-refractivity contribution >= 4 is 11.6 Å². The molecule has 0 bridgehead atoms. The molecule has 1 aliphatic heterocycles. The number of hydrogen-bond donors (Lipinski definition) is 1. The fraction of sp³-hybridized carbons (Fsp3) is 0.562. The second-order valence-corrected chi connectivity index (χ2v) is 5.57. The molecule has 0 aromatic carbocycles. The van der Waals surface area contributed by atoms with Gasteiger partial charge in [0, 0.05) is 38.4 Å². The van der Waals surface area contributed by atoms with Crippen molar-refractivity contribution in [3.63, 3.8) is 0 Å². The van der Waals surface area contributed by atoms with Crippen molar-refractivity contribution in [1.29, 1.82) is 5.26 Å². The predicted molar refractivity (Wildman–Crippen MR) is 85.8 cm³/mol. The van der Waals surface area contributed by atoms with Crippen molar-refractivity contribution in [2.24, 2.45) is 0 Å². The van der Waals surface area contributed by atoms with Crippen molar-refractivity contribution in [2.45, 2.75) is 20.8 Å². The van der Waals surface area contributed by atoms with E-state index in [9.17, 15) is 10.1 Å². The number of nitriles is 1. The van der Waals surface area contributed by atoms with Gasteiger partial charge in [-0.2, -0.15) is 5.26 Å². The lowest BCUT2D eigenvalue weighted by Crippen LogP contribution is -2.49. The molecule has 0 saturated carbocycles. The van der Waals surface area contributed by atoms with Crippen LogP contribution in [0.1, 0.15) is 23.9 Å². The van der Waals surface area contributed by atoms with E-state index in [2.05, 4.69) is 26.2 Å². The SMILES string of the molecule is CCNC(=O)CN1CCN(c2cc(C)nc(C)c2C#N)CC1. The van der Waals surface area contributed by atoms with Gasteiger partial charge in [-0.05, 0) is 26.8 Å². The van der Waals surface area contributed by atoms with Gasteiger partial charge in [0.25, 0.3) is 0 Å². The van der Waals surface area contributed by atoms with Crippen molar-refractivity contribution in [3.05, 3.63) is 23.0 Å². The minimum Gasteiger partial charge on any atom is -0.368 e. The standard InChI is InChI=1S/C16H23N5O/c1-4-18-16(22)11-20-5-7-21(8-6-20)15-9-12(2)19-13(3)14(15)10-17/h9H,4-8,11H2,1-3H3,(H,18,22). The van der Waals surface area contributed by atoms with Crippen LogP contribution in [-0.2, 0) is 4.79 Å². The Kier molecular flexibility index (Phi) is 5.34. The summed E-state index contributed by atoms with van der Waals surface area (Å²) in [7, 11) is 0. The molecular formula is C16H23N5O. The number of carbonyl (C=O) groups is 1. The average Bonchev–Trinajstić information content (AvgIpc) is 2.47. The lowest BCUT2D eigenvalue weighted by molar-refractivity contribution is -0.122. The lowest BCUT2D eigenvalue weighted by atomic mass is 10.1. The Morgan fingerprint density at radius 2 is 2.05 bits per heavy atom. The van der Waals surface area contributed by atoms with Crippen LogP contribution in [0.3, 0.4) is 0 Å². The summed E-state index contributed by atoms with van der Waals surface area (Å²) in [6.45, 7) is 10.1. The van der Waals surface area contributed by atoms with Gasteiger partial charge in [0.05, 0.1) is 23.5 Å². The fourth-order valence-electron chi connectivity index (χ4n) is 2.80. The number of aromatic nitrogens is 1. The molecule has 6 heteroatoms. The minimum atomic E-state index is 0.0734. The summed E-state index contributed by atoms with van der Waals surface area (Å²) < 4.78 is 0. The Morgan fingerprint density at radius 3 is 2.64 bits per heavy atom. The van der Waals surface area contributed by atoms with Crippen LogP contribution in [0.4, 0.5) is 5.69 Å². The summed E-state index contributed by atoms with van der Waals surface area (Å²) in [6.07, 6.45) is 0. The number of aryl methyl sites for hydroxylation is 2. The maximum absolute atomic E-state index is 11.6. The summed E-state index contributed by atoms with van der Waals surface area (Å²) >= 11 is 0. The van der Waals surface area contributed by atoms with Gasteiger partial charge in [0.1, 0.15) is 6.07 Å². The third kappa shape index (κ3) is 3.74. The van der Waals surface area contributed by atoms with Crippen molar-refractivity contribution in [2.75, 3.05) is 44.2 Å². The molecule has 1 aromatic heterocycles. The van der Waals surface area contributed by atoms with Crippen molar-refractivity contribution in [3.8, 4) is 6.07 Å². The summed E-state index contributed by atoms with van der Waals surface area (Å²) in [6, 6.07) is 4.24. The smallest absolute Gasteiger partial charge is 0.234 e. The molecule has 2 rings (SSSR count). The van der Waals surface area contributed by atoms with E-state index in [1.807, 2.05) is 26.8 Å². The van der Waals surface area contributed by atoms with Gasteiger partial charge in [0.15, 0.2) is 0 Å². The van der Waals surface area contributed by atoms with Gasteiger partial charge < -0.3 is 10.2 Å². The van der Waals surface area contributed by atoms with Crippen LogP contribution in [0, 0.1) is 25.2 Å². The molecule has 0 aliphatic carbocycles. The second-order valence-electron chi connectivity index (χ2n) is 5.57. The number of hydrogen-bond acceptors (Lipinski definition) is 5. The molecule has 0 atom stereocenters. The molecule has 1 fully saturated rings. The lowest BCUT2D eigenvalue weighted by Gasteiger charge is -2.36. The fourth-order valence-corrected chi connectivity index (χ4v) is 2.80. The largest absolute Gasteiger partial charge is 0.368 e. The van der Waals surface area contributed by atoms with Crippen LogP contribution in [-0.4, -0.2) is 55.1 Å². The first-order valence-corrected chi connectivity index (χ1v) is 7.67. The molecule has 0 spiro atoms. The van der Waals surface area contributed by atoms with E-state index in [4.69, 9.17) is 0 Å². The number of carbonyl (C=O) groups excluding carboxylic acids is 1. The van der Waals surface area contributed by atoms with Gasteiger partial charge in [-0.1, -0.05) is 0 Å². The molecule has 1 amide bonds. The third-order valence-corrected chi connectivity index (χ3v) is 3.87. The van der Waals surface area contributed by atoms with E-state index in [-0.39, 0.29) is 5.91 Å². The van der Waals surface area contributed by atoms with Gasteiger partial charge in [-0.25, -0.2) is 0 Å². The topological polar surface area (TPSA) is 72.3 Å². The number of rotatable bonds is 4. The van der Waals surface area contributed by atoms with Gasteiger partial charge in [-0.3, -0.25) is 14.7 Å². The zero-order valence-corrected chi connectivity index (χ0v) is 13.5. The number of piperazine rings is 1. The van der Waals surface area contributed by atoms with Crippen LogP contribution in [0.2, 0.25) is 0 Å². The number of likely N-dealkylation sites (N-methyl/N-ethyl adjacent to an activating group) is 1. The number of anilines is 1. The minimum absolute atomic E-state index is 0.0734. The van der Waals surface area contributed by atoms with Crippen LogP contribution in [0.25, 0.3) is 0 Å². The molecule has 1 N–H and O–H groups in total. The number of amides is 1. The molecular weight excluding hydrogens is 278 g/mol. The summed E-state index contributed by atoms with van der Waals surface area (Å²) in [5, 5.41) is 12.2. The first-order chi connectivity index (χ1) is 10.5. The number of nitrogens with one attached hydrogen (secondary N) is 1. The summed E-state index contributed by atoms with van der Waals surface area (Å²) in [5.74, 6) is 0.0734. The Bertz CT molecular complexity index is 585.